The van der Waals surface area contributed by atoms with E-state index in [1.54, 1.807) is 6.20 Å². The van der Waals surface area contributed by atoms with Crippen LogP contribution in [0.3, 0.4) is 0 Å². The predicted molar refractivity (Wildman–Crippen MR) is 69.9 cm³/mol. The van der Waals surface area contributed by atoms with E-state index in [4.69, 9.17) is 0 Å². The van der Waals surface area contributed by atoms with Gasteiger partial charge >= 0.3 is 0 Å². The van der Waals surface area contributed by atoms with Crippen molar-refractivity contribution >= 4 is 0 Å². The van der Waals surface area contributed by atoms with Gasteiger partial charge in [0.15, 0.2) is 0 Å². The fraction of sp³-hybridized carbons (Fsp3) is 0.769. The van der Waals surface area contributed by atoms with Crippen molar-refractivity contribution in [3.05, 3.63) is 18.5 Å². The highest BCUT2D eigenvalue weighted by Gasteiger charge is 2.21. The smallest absolute Gasteiger partial charge is 0.0610 e. The van der Waals surface area contributed by atoms with Crippen LogP contribution < -0.4 is 5.32 Å². The quantitative estimate of drug-likeness (QED) is 0.646. The Morgan fingerprint density at radius 2 is 2.24 bits per heavy atom. The first-order valence-electron chi connectivity index (χ1n) is 6.53. The molecule has 0 amide bonds. The van der Waals surface area contributed by atoms with Crippen LogP contribution in [0.5, 0.6) is 0 Å². The minimum atomic E-state index is -0.125. The molecule has 1 atom stereocenters. The molecule has 2 N–H and O–H groups in total. The molecule has 0 aliphatic carbocycles. The van der Waals surface area contributed by atoms with Crippen molar-refractivity contribution in [2.45, 2.75) is 51.6 Å². The van der Waals surface area contributed by atoms with Crippen molar-refractivity contribution in [1.82, 2.24) is 15.1 Å². The number of aliphatic hydroxyl groups is 1. The third kappa shape index (κ3) is 5.33. The van der Waals surface area contributed by atoms with E-state index in [1.165, 1.54) is 0 Å². The van der Waals surface area contributed by atoms with Crippen LogP contribution in [0.25, 0.3) is 0 Å². The van der Waals surface area contributed by atoms with Gasteiger partial charge < -0.3 is 10.4 Å². The topological polar surface area (TPSA) is 50.1 Å². The van der Waals surface area contributed by atoms with Crippen LogP contribution in [-0.2, 0) is 6.54 Å². The minimum Gasteiger partial charge on any atom is -0.394 e. The Labute approximate surface area is 104 Å². The highest BCUT2D eigenvalue weighted by molar-refractivity contribution is 4.82. The lowest BCUT2D eigenvalue weighted by Gasteiger charge is -2.28. The maximum Gasteiger partial charge on any atom is 0.0610 e. The zero-order valence-corrected chi connectivity index (χ0v) is 11.0. The Hall–Kier alpha value is -0.870. The fourth-order valence-corrected chi connectivity index (χ4v) is 1.87. The molecule has 0 fully saturated rings. The van der Waals surface area contributed by atoms with Gasteiger partial charge in [0, 0.05) is 24.5 Å². The standard InChI is InChI=1S/C13H25N3O/c1-3-8-14-13(2,12-17)7-4-5-10-16-11-6-9-15-16/h6,9,11,14,17H,3-5,7-8,10,12H2,1-2H3. The van der Waals surface area contributed by atoms with E-state index in [0.717, 1.165) is 38.8 Å². The summed E-state index contributed by atoms with van der Waals surface area (Å²) in [6.45, 7) is 6.37. The Kier molecular flexibility index (Phi) is 6.22. The Morgan fingerprint density at radius 3 is 2.82 bits per heavy atom. The molecule has 4 heteroatoms. The predicted octanol–water partition coefficient (Wildman–Crippen LogP) is 1.80. The number of aryl methyl sites for hydroxylation is 1. The molecule has 0 saturated heterocycles. The number of rotatable bonds is 9. The second kappa shape index (κ2) is 7.45. The van der Waals surface area contributed by atoms with Gasteiger partial charge in [-0.05, 0) is 45.2 Å². The van der Waals surface area contributed by atoms with Gasteiger partial charge in [-0.2, -0.15) is 5.10 Å². The van der Waals surface area contributed by atoms with Gasteiger partial charge in [-0.1, -0.05) is 6.92 Å². The van der Waals surface area contributed by atoms with Gasteiger partial charge in [0.1, 0.15) is 0 Å². The third-order valence-corrected chi connectivity index (χ3v) is 3.08. The van der Waals surface area contributed by atoms with Crippen LogP contribution in [0.1, 0.15) is 39.5 Å². The van der Waals surface area contributed by atoms with Crippen LogP contribution >= 0.6 is 0 Å². The first kappa shape index (κ1) is 14.2. The van der Waals surface area contributed by atoms with Gasteiger partial charge in [0.25, 0.3) is 0 Å². The molecular weight excluding hydrogens is 214 g/mol. The fourth-order valence-electron chi connectivity index (χ4n) is 1.87. The maximum atomic E-state index is 9.42. The van der Waals surface area contributed by atoms with Gasteiger partial charge in [-0.3, -0.25) is 4.68 Å². The van der Waals surface area contributed by atoms with Gasteiger partial charge in [0.2, 0.25) is 0 Å². The normalized spacial score (nSPS) is 14.8. The average Bonchev–Trinajstić information content (AvgIpc) is 2.85. The first-order chi connectivity index (χ1) is 8.20. The summed E-state index contributed by atoms with van der Waals surface area (Å²) in [5.74, 6) is 0. The molecule has 0 aliphatic heterocycles. The van der Waals surface area contributed by atoms with Crippen molar-refractivity contribution in [2.75, 3.05) is 13.2 Å². The van der Waals surface area contributed by atoms with Crippen molar-refractivity contribution in [1.29, 1.82) is 0 Å². The number of nitrogens with zero attached hydrogens (tertiary/aromatic N) is 2. The molecule has 0 aromatic carbocycles. The van der Waals surface area contributed by atoms with Crippen LogP contribution in [-0.4, -0.2) is 33.6 Å². The number of nitrogens with one attached hydrogen (secondary N) is 1. The molecule has 0 saturated carbocycles. The minimum absolute atomic E-state index is 0.125. The highest BCUT2D eigenvalue weighted by atomic mass is 16.3. The van der Waals surface area contributed by atoms with Gasteiger partial charge in [-0.25, -0.2) is 0 Å². The summed E-state index contributed by atoms with van der Waals surface area (Å²) in [5.41, 5.74) is -0.125. The highest BCUT2D eigenvalue weighted by Crippen LogP contribution is 2.13. The molecule has 1 aromatic heterocycles. The largest absolute Gasteiger partial charge is 0.394 e. The molecule has 98 valence electrons. The first-order valence-corrected chi connectivity index (χ1v) is 6.53. The molecule has 17 heavy (non-hydrogen) atoms. The van der Waals surface area contributed by atoms with Crippen LogP contribution in [0, 0.1) is 0 Å². The number of aliphatic hydroxyl groups excluding tert-OH is 1. The summed E-state index contributed by atoms with van der Waals surface area (Å²) in [7, 11) is 0. The van der Waals surface area contributed by atoms with Gasteiger partial charge in [0.05, 0.1) is 6.61 Å². The van der Waals surface area contributed by atoms with E-state index in [9.17, 15) is 5.11 Å². The Balaban J connectivity index is 2.18. The van der Waals surface area contributed by atoms with Crippen molar-refractivity contribution in [2.24, 2.45) is 0 Å². The summed E-state index contributed by atoms with van der Waals surface area (Å²) in [4.78, 5) is 0. The van der Waals surface area contributed by atoms with Crippen molar-refractivity contribution in [3.8, 4) is 0 Å². The monoisotopic (exact) mass is 239 g/mol. The van der Waals surface area contributed by atoms with Crippen LogP contribution in [0.4, 0.5) is 0 Å². The number of unbranched alkanes of at least 4 members (excludes halogenated alkanes) is 1. The molecule has 1 aromatic rings. The lowest BCUT2D eigenvalue weighted by molar-refractivity contribution is 0.162. The molecule has 0 bridgehead atoms. The van der Waals surface area contributed by atoms with Gasteiger partial charge in [-0.15, -0.1) is 0 Å². The maximum absolute atomic E-state index is 9.42. The molecule has 0 spiro atoms. The van der Waals surface area contributed by atoms with Crippen molar-refractivity contribution in [3.63, 3.8) is 0 Å². The third-order valence-electron chi connectivity index (χ3n) is 3.08. The summed E-state index contributed by atoms with van der Waals surface area (Å²) in [6, 6.07) is 1.95. The molecule has 1 heterocycles. The summed E-state index contributed by atoms with van der Waals surface area (Å²) in [5, 5.41) is 17.0. The molecule has 4 nitrogen and oxygen atoms in total. The molecule has 0 aliphatic rings. The van der Waals surface area contributed by atoms with E-state index in [-0.39, 0.29) is 12.1 Å². The lowest BCUT2D eigenvalue weighted by atomic mass is 9.95. The molecule has 1 rings (SSSR count). The van der Waals surface area contributed by atoms with E-state index in [2.05, 4.69) is 24.3 Å². The molecule has 1 unspecified atom stereocenters. The average molecular weight is 239 g/mol. The van der Waals surface area contributed by atoms with Crippen molar-refractivity contribution < 1.29 is 5.11 Å². The van der Waals surface area contributed by atoms with E-state index >= 15 is 0 Å². The molecular formula is C13H25N3O. The van der Waals surface area contributed by atoms with E-state index < -0.39 is 0 Å². The summed E-state index contributed by atoms with van der Waals surface area (Å²) >= 11 is 0. The second-order valence-electron chi connectivity index (χ2n) is 4.87. The van der Waals surface area contributed by atoms with E-state index in [1.807, 2.05) is 16.9 Å². The number of hydrogen-bond donors (Lipinski definition) is 2. The Bertz CT molecular complexity index is 287. The Morgan fingerprint density at radius 1 is 1.41 bits per heavy atom. The summed E-state index contributed by atoms with van der Waals surface area (Å²) < 4.78 is 1.95. The van der Waals surface area contributed by atoms with Crippen LogP contribution in [0.15, 0.2) is 18.5 Å². The number of hydrogen-bond acceptors (Lipinski definition) is 3. The zero-order valence-electron chi connectivity index (χ0n) is 11.0. The second-order valence-corrected chi connectivity index (χ2v) is 4.87. The SMILES string of the molecule is CCCNC(C)(CO)CCCCn1cccn1. The number of aromatic nitrogens is 2. The lowest BCUT2D eigenvalue weighted by Crippen LogP contribution is -2.46. The van der Waals surface area contributed by atoms with Crippen LogP contribution in [0.2, 0.25) is 0 Å². The zero-order chi connectivity index (χ0) is 12.6. The molecule has 0 radical (unpaired) electrons. The van der Waals surface area contributed by atoms with E-state index in [0.29, 0.717) is 0 Å². The summed E-state index contributed by atoms with van der Waals surface area (Å²) in [6.07, 6.45) is 8.10.